The van der Waals surface area contributed by atoms with Crippen LogP contribution in [0, 0.1) is 13.8 Å². The van der Waals surface area contributed by atoms with Crippen molar-refractivity contribution in [1.29, 1.82) is 0 Å². The van der Waals surface area contributed by atoms with Gasteiger partial charge < -0.3 is 14.7 Å². The Morgan fingerprint density at radius 2 is 1.52 bits per heavy atom. The van der Waals surface area contributed by atoms with Gasteiger partial charge in [-0.25, -0.2) is 0 Å². The first-order valence-corrected chi connectivity index (χ1v) is 6.79. The highest BCUT2D eigenvalue weighted by Crippen LogP contribution is 2.16. The van der Waals surface area contributed by atoms with Crippen LogP contribution in [0.1, 0.15) is 16.7 Å². The highest BCUT2D eigenvalue weighted by Gasteiger charge is 1.98. The van der Waals surface area contributed by atoms with Gasteiger partial charge in [-0.05, 0) is 66.9 Å². The van der Waals surface area contributed by atoms with Gasteiger partial charge in [0.15, 0.2) is 0 Å². The number of ether oxygens (including phenoxy) is 2. The zero-order valence-corrected chi connectivity index (χ0v) is 12.2. The smallest absolute Gasteiger partial charge is 0.122 e. The summed E-state index contributed by atoms with van der Waals surface area (Å²) in [4.78, 5) is 0. The fourth-order valence-electron chi connectivity index (χ4n) is 1.84. The fraction of sp³-hybridized carbons (Fsp3) is 0.235. The van der Waals surface area contributed by atoms with Gasteiger partial charge in [0.05, 0.1) is 6.21 Å². The van der Waals surface area contributed by atoms with Crippen molar-refractivity contribution in [2.24, 2.45) is 5.16 Å². The molecule has 0 radical (unpaired) electrons. The summed E-state index contributed by atoms with van der Waals surface area (Å²) in [5.41, 5.74) is 3.29. The van der Waals surface area contributed by atoms with Crippen LogP contribution in [0.5, 0.6) is 11.5 Å². The lowest BCUT2D eigenvalue weighted by molar-refractivity contribution is 0.217. The molecule has 0 aliphatic heterocycles. The average molecular weight is 285 g/mol. The zero-order valence-electron chi connectivity index (χ0n) is 12.2. The number of oxime groups is 1. The molecule has 0 bridgehead atoms. The summed E-state index contributed by atoms with van der Waals surface area (Å²) in [6, 6.07) is 13.3. The van der Waals surface area contributed by atoms with E-state index in [0.29, 0.717) is 13.2 Å². The molecule has 4 heteroatoms. The highest BCUT2D eigenvalue weighted by molar-refractivity contribution is 5.79. The highest BCUT2D eigenvalue weighted by atomic mass is 16.5. The van der Waals surface area contributed by atoms with Crippen LogP contribution in [0.3, 0.4) is 0 Å². The number of hydrogen-bond donors (Lipinski definition) is 1. The van der Waals surface area contributed by atoms with Crippen LogP contribution in [-0.2, 0) is 0 Å². The monoisotopic (exact) mass is 285 g/mol. The Morgan fingerprint density at radius 3 is 2.14 bits per heavy atom. The summed E-state index contributed by atoms with van der Waals surface area (Å²) in [5, 5.41) is 11.4. The molecule has 4 nitrogen and oxygen atoms in total. The van der Waals surface area contributed by atoms with Crippen molar-refractivity contribution in [3.8, 4) is 11.5 Å². The van der Waals surface area contributed by atoms with Crippen LogP contribution < -0.4 is 9.47 Å². The summed E-state index contributed by atoms with van der Waals surface area (Å²) in [6.45, 7) is 5.10. The molecule has 0 heterocycles. The molecule has 0 atom stereocenters. The van der Waals surface area contributed by atoms with Gasteiger partial charge in [-0.1, -0.05) is 11.2 Å². The van der Waals surface area contributed by atoms with Crippen molar-refractivity contribution >= 4 is 6.21 Å². The van der Waals surface area contributed by atoms with Gasteiger partial charge in [0, 0.05) is 0 Å². The van der Waals surface area contributed by atoms with Crippen molar-refractivity contribution in [3.05, 3.63) is 59.2 Å². The SMILES string of the molecule is Cc1ccc(OCCOc2ccc(/C=N/O)cc2)cc1C. The maximum absolute atomic E-state index is 8.43. The quantitative estimate of drug-likeness (QED) is 0.382. The Kier molecular flexibility index (Phi) is 5.21. The summed E-state index contributed by atoms with van der Waals surface area (Å²) in [7, 11) is 0. The van der Waals surface area contributed by atoms with Crippen LogP contribution in [0.4, 0.5) is 0 Å². The first-order chi connectivity index (χ1) is 10.2. The summed E-state index contributed by atoms with van der Waals surface area (Å²) in [5.74, 6) is 1.62. The number of hydrogen-bond acceptors (Lipinski definition) is 4. The molecule has 2 aromatic carbocycles. The maximum atomic E-state index is 8.43. The van der Waals surface area contributed by atoms with E-state index in [1.807, 2.05) is 42.5 Å². The van der Waals surface area contributed by atoms with Gasteiger partial charge in [-0.3, -0.25) is 0 Å². The molecule has 21 heavy (non-hydrogen) atoms. The Labute approximate surface area is 124 Å². The molecule has 0 aliphatic carbocycles. The van der Waals surface area contributed by atoms with Crippen LogP contribution in [0.25, 0.3) is 0 Å². The van der Waals surface area contributed by atoms with Gasteiger partial charge in [0.2, 0.25) is 0 Å². The zero-order chi connectivity index (χ0) is 15.1. The Hall–Kier alpha value is -2.49. The lowest BCUT2D eigenvalue weighted by atomic mass is 10.1. The van der Waals surface area contributed by atoms with Gasteiger partial charge >= 0.3 is 0 Å². The maximum Gasteiger partial charge on any atom is 0.122 e. The van der Waals surface area contributed by atoms with Crippen molar-refractivity contribution in [2.75, 3.05) is 13.2 Å². The first-order valence-electron chi connectivity index (χ1n) is 6.79. The van der Waals surface area contributed by atoms with Gasteiger partial charge in [-0.15, -0.1) is 0 Å². The van der Waals surface area contributed by atoms with E-state index in [-0.39, 0.29) is 0 Å². The molecule has 0 saturated heterocycles. The largest absolute Gasteiger partial charge is 0.490 e. The standard InChI is InChI=1S/C17H19NO3/c1-13-3-6-17(11-14(13)2)21-10-9-20-16-7-4-15(5-8-16)12-18-19/h3-8,11-12,19H,9-10H2,1-2H3/b18-12+. The second-order valence-corrected chi connectivity index (χ2v) is 4.76. The molecular formula is C17H19NO3. The molecule has 2 rings (SSSR count). The van der Waals surface area contributed by atoms with E-state index in [0.717, 1.165) is 17.1 Å². The van der Waals surface area contributed by atoms with Gasteiger partial charge in [0.25, 0.3) is 0 Å². The number of rotatable bonds is 6. The van der Waals surface area contributed by atoms with E-state index >= 15 is 0 Å². The predicted molar refractivity (Wildman–Crippen MR) is 82.7 cm³/mol. The number of benzene rings is 2. The minimum atomic E-state index is 0.473. The minimum absolute atomic E-state index is 0.473. The second-order valence-electron chi connectivity index (χ2n) is 4.76. The summed E-state index contributed by atoms with van der Waals surface area (Å²) < 4.78 is 11.2. The van der Waals surface area contributed by atoms with Crippen molar-refractivity contribution in [1.82, 2.24) is 0 Å². The molecule has 0 unspecified atom stereocenters. The topological polar surface area (TPSA) is 51.0 Å². The van der Waals surface area contributed by atoms with Crippen LogP contribution in [0.2, 0.25) is 0 Å². The third-order valence-corrected chi connectivity index (χ3v) is 3.19. The van der Waals surface area contributed by atoms with Gasteiger partial charge in [0.1, 0.15) is 24.7 Å². The first kappa shape index (κ1) is 14.9. The third-order valence-electron chi connectivity index (χ3n) is 3.19. The Morgan fingerprint density at radius 1 is 0.905 bits per heavy atom. The van der Waals surface area contributed by atoms with E-state index in [9.17, 15) is 0 Å². The summed E-state index contributed by atoms with van der Waals surface area (Å²) >= 11 is 0. The lowest BCUT2D eigenvalue weighted by Crippen LogP contribution is -2.09. The molecule has 0 aliphatic rings. The second kappa shape index (κ2) is 7.33. The van der Waals surface area contributed by atoms with E-state index in [2.05, 4.69) is 19.0 Å². The molecule has 0 spiro atoms. The van der Waals surface area contributed by atoms with Gasteiger partial charge in [-0.2, -0.15) is 0 Å². The van der Waals surface area contributed by atoms with Crippen LogP contribution in [-0.4, -0.2) is 24.6 Å². The van der Waals surface area contributed by atoms with Crippen molar-refractivity contribution in [2.45, 2.75) is 13.8 Å². The van der Waals surface area contributed by atoms with Crippen molar-refractivity contribution < 1.29 is 14.7 Å². The molecule has 0 saturated carbocycles. The fourth-order valence-corrected chi connectivity index (χ4v) is 1.84. The predicted octanol–water partition coefficient (Wildman–Crippen LogP) is 3.57. The van der Waals surface area contributed by atoms with Crippen molar-refractivity contribution in [3.63, 3.8) is 0 Å². The number of nitrogens with zero attached hydrogens (tertiary/aromatic N) is 1. The normalized spacial score (nSPS) is 10.8. The molecular weight excluding hydrogens is 266 g/mol. The molecule has 0 aromatic heterocycles. The molecule has 1 N–H and O–H groups in total. The minimum Gasteiger partial charge on any atom is -0.490 e. The van der Waals surface area contributed by atoms with E-state index in [4.69, 9.17) is 14.7 Å². The lowest BCUT2D eigenvalue weighted by Gasteiger charge is -2.09. The summed E-state index contributed by atoms with van der Waals surface area (Å²) in [6.07, 6.45) is 1.37. The van der Waals surface area contributed by atoms with E-state index < -0.39 is 0 Å². The molecule has 110 valence electrons. The Bertz CT molecular complexity index is 606. The van der Waals surface area contributed by atoms with E-state index in [1.54, 1.807) is 0 Å². The van der Waals surface area contributed by atoms with E-state index in [1.165, 1.54) is 17.3 Å². The van der Waals surface area contributed by atoms with Crippen LogP contribution >= 0.6 is 0 Å². The molecule has 2 aromatic rings. The number of aryl methyl sites for hydroxylation is 2. The molecule has 0 amide bonds. The average Bonchev–Trinajstić information content (AvgIpc) is 2.49. The molecule has 0 fully saturated rings. The third kappa shape index (κ3) is 4.53. The Balaban J connectivity index is 1.77. The van der Waals surface area contributed by atoms with Crippen LogP contribution in [0.15, 0.2) is 47.6 Å².